The van der Waals surface area contributed by atoms with E-state index in [1.807, 2.05) is 4.90 Å². The molecule has 2 N–H and O–H groups in total. The van der Waals surface area contributed by atoms with Crippen LogP contribution in [0.4, 0.5) is 11.6 Å². The van der Waals surface area contributed by atoms with Crippen molar-refractivity contribution in [3.63, 3.8) is 0 Å². The molecular formula is C24H23N5O4. The van der Waals surface area contributed by atoms with Gasteiger partial charge in [-0.2, -0.15) is 10.2 Å². The Morgan fingerprint density at radius 3 is 2.64 bits per heavy atom. The SMILES string of the molecule is N#Cc1nc(-c2ccco2)oc1N1CCC(C(=O)Nc2cccc(C(=O)NC3CC3)c2)CC1. The van der Waals surface area contributed by atoms with Gasteiger partial charge in [-0.15, -0.1) is 0 Å². The van der Waals surface area contributed by atoms with Gasteiger partial charge in [0.25, 0.3) is 11.8 Å². The Bertz CT molecular complexity index is 1200. The van der Waals surface area contributed by atoms with E-state index < -0.39 is 0 Å². The maximum atomic E-state index is 12.8. The standard InChI is InChI=1S/C24H23N5O4/c25-14-19-24(33-23(28-19)20-5-2-12-32-20)29-10-8-15(9-11-29)21(30)27-18-4-1-3-16(13-18)22(31)26-17-6-7-17/h1-5,12-13,15,17H,6-11H2,(H,26,31)(H,27,30). The number of hydrogen-bond donors (Lipinski definition) is 2. The summed E-state index contributed by atoms with van der Waals surface area (Å²) in [6.07, 6.45) is 4.78. The van der Waals surface area contributed by atoms with E-state index in [9.17, 15) is 14.9 Å². The van der Waals surface area contributed by atoms with E-state index >= 15 is 0 Å². The monoisotopic (exact) mass is 445 g/mol. The molecule has 1 aromatic carbocycles. The molecular weight excluding hydrogens is 422 g/mol. The number of amides is 2. The van der Waals surface area contributed by atoms with Crippen LogP contribution in [0.3, 0.4) is 0 Å². The first-order valence-corrected chi connectivity index (χ1v) is 11.0. The van der Waals surface area contributed by atoms with Crippen LogP contribution in [0, 0.1) is 17.2 Å². The molecule has 2 aliphatic rings. The van der Waals surface area contributed by atoms with Crippen LogP contribution in [-0.2, 0) is 4.79 Å². The predicted molar refractivity (Wildman–Crippen MR) is 119 cm³/mol. The maximum absolute atomic E-state index is 12.8. The summed E-state index contributed by atoms with van der Waals surface area (Å²) in [6.45, 7) is 1.12. The minimum Gasteiger partial charge on any atom is -0.459 e. The molecule has 168 valence electrons. The van der Waals surface area contributed by atoms with Gasteiger partial charge in [0.15, 0.2) is 5.76 Å². The molecule has 1 aliphatic heterocycles. The molecule has 0 bridgehead atoms. The third-order valence-electron chi connectivity index (χ3n) is 5.90. The van der Waals surface area contributed by atoms with E-state index in [4.69, 9.17) is 8.83 Å². The number of carbonyl (C=O) groups is 2. The lowest BCUT2D eigenvalue weighted by molar-refractivity contribution is -0.120. The van der Waals surface area contributed by atoms with E-state index in [1.54, 1.807) is 36.4 Å². The zero-order chi connectivity index (χ0) is 22.8. The second-order valence-corrected chi connectivity index (χ2v) is 8.34. The number of carbonyl (C=O) groups excluding carboxylic acids is 2. The van der Waals surface area contributed by atoms with Crippen LogP contribution in [0.25, 0.3) is 11.7 Å². The van der Waals surface area contributed by atoms with Crippen molar-refractivity contribution >= 4 is 23.4 Å². The Hall–Kier alpha value is -4.06. The number of aromatic nitrogens is 1. The highest BCUT2D eigenvalue weighted by Gasteiger charge is 2.29. The number of piperidine rings is 1. The van der Waals surface area contributed by atoms with E-state index in [-0.39, 0.29) is 35.4 Å². The average molecular weight is 445 g/mol. The lowest BCUT2D eigenvalue weighted by atomic mass is 9.95. The lowest BCUT2D eigenvalue weighted by Crippen LogP contribution is -2.38. The van der Waals surface area contributed by atoms with Crippen molar-refractivity contribution in [3.8, 4) is 17.7 Å². The fourth-order valence-electron chi connectivity index (χ4n) is 3.93. The van der Waals surface area contributed by atoms with Gasteiger partial charge >= 0.3 is 0 Å². The van der Waals surface area contributed by atoms with E-state index in [2.05, 4.69) is 21.7 Å². The van der Waals surface area contributed by atoms with E-state index in [0.29, 0.717) is 48.8 Å². The smallest absolute Gasteiger partial charge is 0.266 e. The topological polar surface area (TPSA) is 124 Å². The van der Waals surface area contributed by atoms with Gasteiger partial charge in [-0.3, -0.25) is 9.59 Å². The molecule has 2 fully saturated rings. The van der Waals surface area contributed by atoms with Crippen LogP contribution in [0.5, 0.6) is 0 Å². The molecule has 3 heterocycles. The Kier molecular flexibility index (Phi) is 5.57. The molecule has 1 saturated heterocycles. The quantitative estimate of drug-likeness (QED) is 0.594. The largest absolute Gasteiger partial charge is 0.459 e. The zero-order valence-electron chi connectivity index (χ0n) is 17.9. The second kappa shape index (κ2) is 8.82. The van der Waals surface area contributed by atoms with Gasteiger partial charge in [-0.05, 0) is 56.0 Å². The summed E-state index contributed by atoms with van der Waals surface area (Å²) in [4.78, 5) is 31.3. The first kappa shape index (κ1) is 20.8. The molecule has 5 rings (SSSR count). The first-order valence-electron chi connectivity index (χ1n) is 11.0. The van der Waals surface area contributed by atoms with Gasteiger partial charge in [-0.1, -0.05) is 6.07 Å². The number of nitrogens with one attached hydrogen (secondary N) is 2. The molecule has 33 heavy (non-hydrogen) atoms. The minimum absolute atomic E-state index is 0.0799. The highest BCUT2D eigenvalue weighted by molar-refractivity contribution is 5.98. The van der Waals surface area contributed by atoms with Crippen molar-refractivity contribution in [1.82, 2.24) is 10.3 Å². The molecule has 9 nitrogen and oxygen atoms in total. The zero-order valence-corrected chi connectivity index (χ0v) is 17.9. The van der Waals surface area contributed by atoms with Crippen LogP contribution in [0.2, 0.25) is 0 Å². The van der Waals surface area contributed by atoms with Gasteiger partial charge in [-0.25, -0.2) is 0 Å². The normalized spacial score (nSPS) is 16.3. The molecule has 9 heteroatoms. The van der Waals surface area contributed by atoms with Crippen molar-refractivity contribution in [2.24, 2.45) is 5.92 Å². The highest BCUT2D eigenvalue weighted by Crippen LogP contribution is 2.31. The summed E-state index contributed by atoms with van der Waals surface area (Å²) in [7, 11) is 0. The van der Waals surface area contributed by atoms with Crippen molar-refractivity contribution in [1.29, 1.82) is 5.26 Å². The van der Waals surface area contributed by atoms with E-state index in [0.717, 1.165) is 12.8 Å². The van der Waals surface area contributed by atoms with Crippen molar-refractivity contribution < 1.29 is 18.4 Å². The molecule has 1 saturated carbocycles. The molecule has 1 aliphatic carbocycles. The number of oxazole rings is 1. The Balaban J connectivity index is 1.20. The summed E-state index contributed by atoms with van der Waals surface area (Å²) in [5, 5.41) is 15.3. The summed E-state index contributed by atoms with van der Waals surface area (Å²) in [5.41, 5.74) is 1.35. The number of anilines is 2. The van der Waals surface area contributed by atoms with Crippen LogP contribution in [-0.4, -0.2) is 35.9 Å². The molecule has 2 amide bonds. The van der Waals surface area contributed by atoms with E-state index in [1.165, 1.54) is 6.26 Å². The minimum atomic E-state index is -0.178. The predicted octanol–water partition coefficient (Wildman–Crippen LogP) is 3.55. The van der Waals surface area contributed by atoms with Gasteiger partial charge in [0, 0.05) is 36.3 Å². The van der Waals surface area contributed by atoms with Gasteiger partial charge in [0.05, 0.1) is 6.26 Å². The van der Waals surface area contributed by atoms with Crippen molar-refractivity contribution in [2.45, 2.75) is 31.7 Å². The molecule has 2 aromatic heterocycles. The van der Waals surface area contributed by atoms with Crippen molar-refractivity contribution in [2.75, 3.05) is 23.3 Å². The molecule has 3 aromatic rings. The molecule has 0 radical (unpaired) electrons. The fourth-order valence-corrected chi connectivity index (χ4v) is 3.93. The third-order valence-corrected chi connectivity index (χ3v) is 5.90. The van der Waals surface area contributed by atoms with Crippen molar-refractivity contribution in [3.05, 3.63) is 53.9 Å². The molecule has 0 spiro atoms. The third kappa shape index (κ3) is 4.60. The summed E-state index contributed by atoms with van der Waals surface area (Å²) in [5.74, 6) is 0.748. The Morgan fingerprint density at radius 1 is 1.12 bits per heavy atom. The highest BCUT2D eigenvalue weighted by atomic mass is 16.4. The summed E-state index contributed by atoms with van der Waals surface area (Å²) in [6, 6.07) is 12.8. The number of hydrogen-bond acceptors (Lipinski definition) is 7. The van der Waals surface area contributed by atoms with Crippen LogP contribution < -0.4 is 15.5 Å². The Morgan fingerprint density at radius 2 is 1.94 bits per heavy atom. The van der Waals surface area contributed by atoms with Gasteiger partial charge < -0.3 is 24.4 Å². The van der Waals surface area contributed by atoms with Crippen LogP contribution >= 0.6 is 0 Å². The lowest BCUT2D eigenvalue weighted by Gasteiger charge is -2.31. The Labute approximate surface area is 190 Å². The van der Waals surface area contributed by atoms with Crippen LogP contribution in [0.15, 0.2) is 51.5 Å². The molecule has 0 atom stereocenters. The van der Waals surface area contributed by atoms with Gasteiger partial charge in [0.1, 0.15) is 6.07 Å². The number of nitrogens with zero attached hydrogens (tertiary/aromatic N) is 3. The second-order valence-electron chi connectivity index (χ2n) is 8.34. The average Bonchev–Trinajstić information content (AvgIpc) is 3.31. The maximum Gasteiger partial charge on any atom is 0.266 e. The van der Waals surface area contributed by atoms with Crippen LogP contribution in [0.1, 0.15) is 41.7 Å². The number of benzene rings is 1. The summed E-state index contributed by atoms with van der Waals surface area (Å²) < 4.78 is 11.1. The summed E-state index contributed by atoms with van der Waals surface area (Å²) >= 11 is 0. The first-order chi connectivity index (χ1) is 16.1. The number of rotatable bonds is 6. The number of furan rings is 1. The van der Waals surface area contributed by atoms with Gasteiger partial charge in [0.2, 0.25) is 17.5 Å². The molecule has 0 unspecified atom stereocenters. The fraction of sp³-hybridized carbons (Fsp3) is 0.333. The number of nitriles is 1.